The Morgan fingerprint density at radius 2 is 1.92 bits per heavy atom. The quantitative estimate of drug-likeness (QED) is 0.775. The predicted molar refractivity (Wildman–Crippen MR) is 89.3 cm³/mol. The Morgan fingerprint density at radius 1 is 1.12 bits per heavy atom. The number of fused-ring (bicyclic) bond motifs is 1. The molecule has 2 aromatic carbocycles. The summed E-state index contributed by atoms with van der Waals surface area (Å²) in [6.07, 6.45) is 0. The van der Waals surface area contributed by atoms with E-state index in [1.54, 1.807) is 12.1 Å². The average molecular weight is 321 g/mol. The summed E-state index contributed by atoms with van der Waals surface area (Å²) in [6.45, 7) is 2.08. The highest BCUT2D eigenvalue weighted by atomic mass is 16.7. The topological polar surface area (TPSA) is 76.2 Å². The zero-order valence-electron chi connectivity index (χ0n) is 13.0. The van der Waals surface area contributed by atoms with Crippen LogP contribution in [0.1, 0.15) is 16.1 Å². The van der Waals surface area contributed by atoms with Crippen molar-refractivity contribution in [1.82, 2.24) is 10.2 Å². The molecular formula is C18H15N3O3. The highest BCUT2D eigenvalue weighted by Crippen LogP contribution is 2.38. The third-order valence-corrected chi connectivity index (χ3v) is 3.87. The van der Waals surface area contributed by atoms with E-state index in [2.05, 4.69) is 15.5 Å². The minimum absolute atomic E-state index is 0.179. The van der Waals surface area contributed by atoms with Crippen molar-refractivity contribution in [3.05, 3.63) is 59.8 Å². The molecule has 2 heterocycles. The third-order valence-electron chi connectivity index (χ3n) is 3.87. The molecule has 0 spiro atoms. The van der Waals surface area contributed by atoms with E-state index >= 15 is 0 Å². The van der Waals surface area contributed by atoms with Crippen LogP contribution in [-0.4, -0.2) is 22.9 Å². The summed E-state index contributed by atoms with van der Waals surface area (Å²) in [6, 6.07) is 14.7. The van der Waals surface area contributed by atoms with Crippen LogP contribution in [0.2, 0.25) is 0 Å². The third kappa shape index (κ3) is 2.48. The van der Waals surface area contributed by atoms with Gasteiger partial charge in [0.25, 0.3) is 5.91 Å². The molecule has 0 fully saturated rings. The van der Waals surface area contributed by atoms with Crippen molar-refractivity contribution >= 4 is 11.6 Å². The van der Waals surface area contributed by atoms with E-state index in [0.717, 1.165) is 11.3 Å². The van der Waals surface area contributed by atoms with Gasteiger partial charge in [0.05, 0.1) is 11.4 Å². The van der Waals surface area contributed by atoms with Crippen LogP contribution in [0.5, 0.6) is 11.5 Å². The maximum atomic E-state index is 12.4. The predicted octanol–water partition coefficient (Wildman–Crippen LogP) is 3.37. The first-order chi connectivity index (χ1) is 11.7. The van der Waals surface area contributed by atoms with E-state index in [-0.39, 0.29) is 12.7 Å². The van der Waals surface area contributed by atoms with Gasteiger partial charge in [-0.1, -0.05) is 18.2 Å². The minimum atomic E-state index is -0.179. The number of nitrogens with zero attached hydrogens (tertiary/aromatic N) is 1. The normalized spacial score (nSPS) is 12.2. The Bertz CT molecular complexity index is 903. The molecule has 0 atom stereocenters. The van der Waals surface area contributed by atoms with Crippen LogP contribution in [0.4, 0.5) is 5.69 Å². The number of nitrogens with one attached hydrogen (secondary N) is 2. The van der Waals surface area contributed by atoms with Crippen molar-refractivity contribution in [2.45, 2.75) is 6.92 Å². The second-order valence-corrected chi connectivity index (χ2v) is 5.46. The molecule has 120 valence electrons. The highest BCUT2D eigenvalue weighted by Gasteiger charge is 2.19. The largest absolute Gasteiger partial charge is 0.454 e. The van der Waals surface area contributed by atoms with Crippen molar-refractivity contribution in [2.75, 3.05) is 12.1 Å². The molecular weight excluding hydrogens is 306 g/mol. The molecule has 0 radical (unpaired) electrons. The number of carbonyl (C=O) groups is 1. The van der Waals surface area contributed by atoms with Crippen molar-refractivity contribution in [1.29, 1.82) is 0 Å². The zero-order valence-corrected chi connectivity index (χ0v) is 13.0. The van der Waals surface area contributed by atoms with Gasteiger partial charge in [0, 0.05) is 11.1 Å². The second-order valence-electron chi connectivity index (χ2n) is 5.46. The number of aromatic amines is 1. The Kier molecular flexibility index (Phi) is 3.42. The first-order valence-electron chi connectivity index (χ1n) is 7.54. The molecule has 6 heteroatoms. The molecule has 1 aliphatic heterocycles. The van der Waals surface area contributed by atoms with Gasteiger partial charge in [-0.3, -0.25) is 9.89 Å². The number of rotatable bonds is 3. The summed E-state index contributed by atoms with van der Waals surface area (Å²) >= 11 is 0. The monoisotopic (exact) mass is 321 g/mol. The van der Waals surface area contributed by atoms with E-state index in [0.29, 0.717) is 28.4 Å². The Balaban J connectivity index is 1.68. The Morgan fingerprint density at radius 3 is 2.75 bits per heavy atom. The number of ether oxygens (including phenoxy) is 2. The average Bonchev–Trinajstić information content (AvgIpc) is 3.22. The van der Waals surface area contributed by atoms with Gasteiger partial charge in [-0.05, 0) is 37.3 Å². The van der Waals surface area contributed by atoms with Gasteiger partial charge in [0.15, 0.2) is 11.5 Å². The van der Waals surface area contributed by atoms with Crippen LogP contribution < -0.4 is 14.8 Å². The second kappa shape index (κ2) is 5.73. The molecule has 0 aliphatic carbocycles. The molecule has 0 unspecified atom stereocenters. The van der Waals surface area contributed by atoms with E-state index in [4.69, 9.17) is 9.47 Å². The van der Waals surface area contributed by atoms with Crippen LogP contribution >= 0.6 is 0 Å². The molecule has 4 rings (SSSR count). The van der Waals surface area contributed by atoms with Gasteiger partial charge in [-0.25, -0.2) is 0 Å². The molecule has 3 aromatic rings. The van der Waals surface area contributed by atoms with Crippen LogP contribution in [0.25, 0.3) is 11.3 Å². The number of aryl methyl sites for hydroxylation is 1. The van der Waals surface area contributed by atoms with Crippen LogP contribution in [-0.2, 0) is 0 Å². The molecule has 1 aromatic heterocycles. The van der Waals surface area contributed by atoms with Gasteiger partial charge >= 0.3 is 0 Å². The lowest BCUT2D eigenvalue weighted by molar-refractivity contribution is 0.102. The van der Waals surface area contributed by atoms with Gasteiger partial charge in [-0.2, -0.15) is 5.10 Å². The SMILES string of the molecule is Cc1[nH]nc(-c2ccc3c(c2)OCO3)c1NC(=O)c1ccccc1. The lowest BCUT2D eigenvalue weighted by atomic mass is 10.1. The Hall–Kier alpha value is -3.28. The first-order valence-corrected chi connectivity index (χ1v) is 7.54. The zero-order chi connectivity index (χ0) is 16.5. The molecule has 1 aliphatic rings. The number of hydrogen-bond acceptors (Lipinski definition) is 4. The fourth-order valence-corrected chi connectivity index (χ4v) is 2.61. The van der Waals surface area contributed by atoms with E-state index in [1.807, 2.05) is 43.3 Å². The highest BCUT2D eigenvalue weighted by molar-refractivity contribution is 6.06. The fraction of sp³-hybridized carbons (Fsp3) is 0.111. The van der Waals surface area contributed by atoms with Crippen LogP contribution in [0.15, 0.2) is 48.5 Å². The number of anilines is 1. The van der Waals surface area contributed by atoms with Crippen molar-refractivity contribution in [3.8, 4) is 22.8 Å². The van der Waals surface area contributed by atoms with Gasteiger partial charge in [0.1, 0.15) is 5.69 Å². The number of H-pyrrole nitrogens is 1. The molecule has 0 bridgehead atoms. The number of amides is 1. The van der Waals surface area contributed by atoms with Gasteiger partial charge in [0.2, 0.25) is 6.79 Å². The van der Waals surface area contributed by atoms with Crippen molar-refractivity contribution < 1.29 is 14.3 Å². The maximum absolute atomic E-state index is 12.4. The maximum Gasteiger partial charge on any atom is 0.255 e. The molecule has 2 N–H and O–H groups in total. The summed E-state index contributed by atoms with van der Waals surface area (Å²) in [5.74, 6) is 1.21. The number of hydrogen-bond donors (Lipinski definition) is 2. The van der Waals surface area contributed by atoms with Gasteiger partial charge < -0.3 is 14.8 Å². The Labute approximate surface area is 138 Å². The summed E-state index contributed by atoms with van der Waals surface area (Å²) in [4.78, 5) is 12.4. The molecule has 0 saturated heterocycles. The van der Waals surface area contributed by atoms with E-state index < -0.39 is 0 Å². The lowest BCUT2D eigenvalue weighted by Crippen LogP contribution is -2.12. The summed E-state index contributed by atoms with van der Waals surface area (Å²) in [5, 5.41) is 10.2. The molecule has 1 amide bonds. The fourth-order valence-electron chi connectivity index (χ4n) is 2.61. The van der Waals surface area contributed by atoms with Crippen LogP contribution in [0, 0.1) is 6.92 Å². The van der Waals surface area contributed by atoms with E-state index in [9.17, 15) is 4.79 Å². The van der Waals surface area contributed by atoms with Gasteiger partial charge in [-0.15, -0.1) is 0 Å². The van der Waals surface area contributed by atoms with Crippen LogP contribution in [0.3, 0.4) is 0 Å². The number of benzene rings is 2. The smallest absolute Gasteiger partial charge is 0.255 e. The molecule has 0 saturated carbocycles. The van der Waals surface area contributed by atoms with Crippen molar-refractivity contribution in [3.63, 3.8) is 0 Å². The molecule has 24 heavy (non-hydrogen) atoms. The summed E-state index contributed by atoms with van der Waals surface area (Å²) in [7, 11) is 0. The summed E-state index contributed by atoms with van der Waals surface area (Å²) < 4.78 is 10.7. The molecule has 6 nitrogen and oxygen atoms in total. The number of aromatic nitrogens is 2. The van der Waals surface area contributed by atoms with Crippen molar-refractivity contribution in [2.24, 2.45) is 0 Å². The lowest BCUT2D eigenvalue weighted by Gasteiger charge is -2.07. The standard InChI is InChI=1S/C18H15N3O3/c1-11-16(19-18(22)12-5-3-2-4-6-12)17(21-20-11)13-7-8-14-15(9-13)24-10-23-14/h2-9H,10H2,1H3,(H,19,22)(H,20,21). The minimum Gasteiger partial charge on any atom is -0.454 e. The summed E-state index contributed by atoms with van der Waals surface area (Å²) in [5.41, 5.74) is 3.53. The number of carbonyl (C=O) groups excluding carboxylic acids is 1. The first kappa shape index (κ1) is 14.3. The van der Waals surface area contributed by atoms with E-state index in [1.165, 1.54) is 0 Å².